The van der Waals surface area contributed by atoms with E-state index in [1.165, 1.54) is 17.5 Å². The summed E-state index contributed by atoms with van der Waals surface area (Å²) in [6, 6.07) is 4.10. The molecule has 0 aliphatic rings. The minimum atomic E-state index is 0.984. The van der Waals surface area contributed by atoms with E-state index in [1.54, 1.807) is 0 Å². The average molecular weight is 174 g/mol. The van der Waals surface area contributed by atoms with Crippen molar-refractivity contribution in [2.24, 2.45) is 0 Å². The van der Waals surface area contributed by atoms with Gasteiger partial charge in [0, 0.05) is 24.0 Å². The predicted octanol–water partition coefficient (Wildman–Crippen LogP) is 2.66. The second-order valence-corrected chi connectivity index (χ2v) is 3.03. The van der Waals surface area contributed by atoms with Crippen molar-refractivity contribution in [1.82, 2.24) is 4.57 Å². The van der Waals surface area contributed by atoms with Crippen LogP contribution in [0.3, 0.4) is 0 Å². The number of rotatable bonds is 2. The summed E-state index contributed by atoms with van der Waals surface area (Å²) < 4.78 is 2.23. The minimum absolute atomic E-state index is 0.984. The molecule has 0 atom stereocenters. The van der Waals surface area contributed by atoms with E-state index in [4.69, 9.17) is 5.26 Å². The van der Waals surface area contributed by atoms with Gasteiger partial charge in [0.15, 0.2) is 0 Å². The molecule has 0 aliphatic heterocycles. The molecule has 0 bridgehead atoms. The molecule has 1 aromatic heterocycles. The first-order valence-corrected chi connectivity index (χ1v) is 4.43. The zero-order valence-corrected chi connectivity index (χ0v) is 8.33. The van der Waals surface area contributed by atoms with E-state index in [-0.39, 0.29) is 0 Å². The van der Waals surface area contributed by atoms with Crippen molar-refractivity contribution in [3.8, 4) is 6.07 Å². The molecule has 13 heavy (non-hydrogen) atoms. The van der Waals surface area contributed by atoms with Crippen LogP contribution in [0.4, 0.5) is 0 Å². The summed E-state index contributed by atoms with van der Waals surface area (Å²) in [7, 11) is 0. The third-order valence-corrected chi connectivity index (χ3v) is 2.27. The fourth-order valence-corrected chi connectivity index (χ4v) is 1.61. The Morgan fingerprint density at radius 2 is 2.23 bits per heavy atom. The van der Waals surface area contributed by atoms with E-state index < -0.39 is 0 Å². The molecule has 1 heterocycles. The van der Waals surface area contributed by atoms with Crippen LogP contribution in [0.15, 0.2) is 12.1 Å². The highest BCUT2D eigenvalue weighted by atomic mass is 15.0. The molecule has 68 valence electrons. The van der Waals surface area contributed by atoms with Crippen LogP contribution in [-0.4, -0.2) is 4.57 Å². The monoisotopic (exact) mass is 174 g/mol. The van der Waals surface area contributed by atoms with Crippen LogP contribution in [-0.2, 0) is 6.54 Å². The maximum absolute atomic E-state index is 8.41. The number of hydrogen-bond acceptors (Lipinski definition) is 1. The Morgan fingerprint density at radius 3 is 2.69 bits per heavy atom. The van der Waals surface area contributed by atoms with Gasteiger partial charge in [-0.05, 0) is 38.5 Å². The first-order chi connectivity index (χ1) is 6.20. The molecule has 0 N–H and O–H groups in total. The fraction of sp³-hybridized carbons (Fsp3) is 0.364. The third kappa shape index (κ3) is 1.81. The summed E-state index contributed by atoms with van der Waals surface area (Å²) in [4.78, 5) is 0. The van der Waals surface area contributed by atoms with Gasteiger partial charge in [-0.15, -0.1) is 0 Å². The highest BCUT2D eigenvalue weighted by Gasteiger charge is 2.03. The van der Waals surface area contributed by atoms with Crippen LogP contribution < -0.4 is 0 Å². The van der Waals surface area contributed by atoms with Crippen molar-refractivity contribution in [1.29, 1.82) is 5.26 Å². The van der Waals surface area contributed by atoms with Gasteiger partial charge in [-0.2, -0.15) is 5.26 Å². The van der Waals surface area contributed by atoms with Crippen molar-refractivity contribution >= 4 is 6.08 Å². The molecule has 0 spiro atoms. The van der Waals surface area contributed by atoms with Crippen LogP contribution in [0.5, 0.6) is 0 Å². The van der Waals surface area contributed by atoms with Gasteiger partial charge in [0.05, 0.1) is 6.07 Å². The van der Waals surface area contributed by atoms with Crippen molar-refractivity contribution in [2.45, 2.75) is 27.3 Å². The van der Waals surface area contributed by atoms with Crippen molar-refractivity contribution in [3.05, 3.63) is 29.1 Å². The van der Waals surface area contributed by atoms with E-state index >= 15 is 0 Å². The summed E-state index contributed by atoms with van der Waals surface area (Å²) in [6.45, 7) is 7.27. The Hall–Kier alpha value is -1.49. The number of aryl methyl sites for hydroxylation is 1. The SMILES string of the molecule is CCn1c(C)cc(C=CC#N)c1C. The molecular formula is C11H14N2. The highest BCUT2D eigenvalue weighted by molar-refractivity contribution is 5.55. The van der Waals surface area contributed by atoms with Gasteiger partial charge in [0.25, 0.3) is 0 Å². The van der Waals surface area contributed by atoms with Gasteiger partial charge >= 0.3 is 0 Å². The van der Waals surface area contributed by atoms with E-state index in [2.05, 4.69) is 31.4 Å². The third-order valence-electron chi connectivity index (χ3n) is 2.27. The standard InChI is InChI=1S/C11H14N2/c1-4-13-9(2)8-11(10(13)3)6-5-7-12/h5-6,8H,4H2,1-3H3. The van der Waals surface area contributed by atoms with Crippen LogP contribution in [0.1, 0.15) is 23.9 Å². The maximum Gasteiger partial charge on any atom is 0.0912 e. The van der Waals surface area contributed by atoms with Crippen molar-refractivity contribution in [2.75, 3.05) is 0 Å². The Balaban J connectivity index is 3.12. The van der Waals surface area contributed by atoms with Crippen LogP contribution in [0.2, 0.25) is 0 Å². The number of aromatic nitrogens is 1. The van der Waals surface area contributed by atoms with E-state index in [9.17, 15) is 0 Å². The van der Waals surface area contributed by atoms with Gasteiger partial charge < -0.3 is 4.57 Å². The molecule has 1 aromatic rings. The van der Waals surface area contributed by atoms with Crippen molar-refractivity contribution in [3.63, 3.8) is 0 Å². The molecule has 1 rings (SSSR count). The molecule has 0 radical (unpaired) electrons. The predicted molar refractivity (Wildman–Crippen MR) is 54.2 cm³/mol. The lowest BCUT2D eigenvalue weighted by molar-refractivity contribution is 0.718. The molecule has 2 heteroatoms. The molecule has 0 aromatic carbocycles. The second kappa shape index (κ2) is 3.95. The molecule has 0 saturated heterocycles. The van der Waals surface area contributed by atoms with Crippen LogP contribution in [0, 0.1) is 25.2 Å². The zero-order chi connectivity index (χ0) is 9.84. The van der Waals surface area contributed by atoms with Gasteiger partial charge in [-0.3, -0.25) is 0 Å². The quantitative estimate of drug-likeness (QED) is 0.633. The van der Waals surface area contributed by atoms with Crippen LogP contribution in [0.25, 0.3) is 6.08 Å². The summed E-state index contributed by atoms with van der Waals surface area (Å²) in [6.07, 6.45) is 3.37. The molecule has 0 unspecified atom stereocenters. The summed E-state index contributed by atoms with van der Waals surface area (Å²) in [5.74, 6) is 0. The Morgan fingerprint density at radius 1 is 1.54 bits per heavy atom. The molecular weight excluding hydrogens is 160 g/mol. The molecule has 0 aliphatic carbocycles. The Kier molecular flexibility index (Phi) is 2.92. The maximum atomic E-state index is 8.41. The summed E-state index contributed by atoms with van der Waals surface area (Å²) in [5.41, 5.74) is 3.62. The molecule has 0 fully saturated rings. The average Bonchev–Trinajstić information content (AvgIpc) is 2.38. The van der Waals surface area contributed by atoms with Crippen molar-refractivity contribution < 1.29 is 0 Å². The second-order valence-electron chi connectivity index (χ2n) is 3.03. The Labute approximate surface area is 79.1 Å². The summed E-state index contributed by atoms with van der Waals surface area (Å²) in [5, 5.41) is 8.41. The number of hydrogen-bond donors (Lipinski definition) is 0. The zero-order valence-electron chi connectivity index (χ0n) is 8.33. The summed E-state index contributed by atoms with van der Waals surface area (Å²) >= 11 is 0. The fourth-order valence-electron chi connectivity index (χ4n) is 1.61. The lowest BCUT2D eigenvalue weighted by atomic mass is 10.2. The largest absolute Gasteiger partial charge is 0.349 e. The lowest BCUT2D eigenvalue weighted by Gasteiger charge is -2.04. The molecule has 2 nitrogen and oxygen atoms in total. The van der Waals surface area contributed by atoms with E-state index in [0.717, 1.165) is 12.1 Å². The lowest BCUT2D eigenvalue weighted by Crippen LogP contribution is -1.98. The van der Waals surface area contributed by atoms with Gasteiger partial charge in [-0.1, -0.05) is 0 Å². The number of nitrogens with zero attached hydrogens (tertiary/aromatic N) is 2. The van der Waals surface area contributed by atoms with E-state index in [1.807, 2.05) is 12.1 Å². The first kappa shape index (κ1) is 9.60. The van der Waals surface area contributed by atoms with Crippen LogP contribution >= 0.6 is 0 Å². The number of allylic oxidation sites excluding steroid dienone is 1. The minimum Gasteiger partial charge on any atom is -0.349 e. The van der Waals surface area contributed by atoms with Gasteiger partial charge in [0.1, 0.15) is 0 Å². The molecule has 0 amide bonds. The molecule has 0 saturated carbocycles. The number of nitriles is 1. The highest BCUT2D eigenvalue weighted by Crippen LogP contribution is 2.15. The normalized spacial score (nSPS) is 10.6. The van der Waals surface area contributed by atoms with Gasteiger partial charge in [0.2, 0.25) is 0 Å². The Bertz CT molecular complexity index is 364. The van der Waals surface area contributed by atoms with Gasteiger partial charge in [-0.25, -0.2) is 0 Å². The van der Waals surface area contributed by atoms with E-state index in [0.29, 0.717) is 0 Å². The topological polar surface area (TPSA) is 28.7 Å². The first-order valence-electron chi connectivity index (χ1n) is 4.43. The smallest absolute Gasteiger partial charge is 0.0912 e.